The summed E-state index contributed by atoms with van der Waals surface area (Å²) < 4.78 is 0. The molecule has 24 heavy (non-hydrogen) atoms. The highest BCUT2D eigenvalue weighted by Gasteiger charge is 2.36. The second-order valence-electron chi connectivity index (χ2n) is 8.14. The lowest BCUT2D eigenvalue weighted by Crippen LogP contribution is -2.33. The molecule has 3 rings (SSSR count). The Morgan fingerprint density at radius 3 is 1.96 bits per heavy atom. The first-order valence-corrected chi connectivity index (χ1v) is 8.65. The molecule has 0 atom stereocenters. The quantitative estimate of drug-likeness (QED) is 0.616. The highest BCUT2D eigenvalue weighted by Crippen LogP contribution is 2.45. The van der Waals surface area contributed by atoms with Gasteiger partial charge in [0.2, 0.25) is 0 Å². The van der Waals surface area contributed by atoms with Gasteiger partial charge in [-0.3, -0.25) is 0 Å². The van der Waals surface area contributed by atoms with Crippen molar-refractivity contribution in [1.29, 1.82) is 5.26 Å². The van der Waals surface area contributed by atoms with Crippen LogP contribution in [0.15, 0.2) is 42.5 Å². The molecule has 122 valence electrons. The lowest BCUT2D eigenvalue weighted by Gasteiger charge is -2.42. The number of nitrogens with zero attached hydrogens (tertiary/aromatic N) is 1. The van der Waals surface area contributed by atoms with Crippen molar-refractivity contribution in [3.8, 4) is 6.07 Å². The minimum Gasteiger partial charge on any atom is -0.192 e. The van der Waals surface area contributed by atoms with E-state index < -0.39 is 0 Å². The van der Waals surface area contributed by atoms with E-state index >= 15 is 0 Å². The van der Waals surface area contributed by atoms with Gasteiger partial charge < -0.3 is 0 Å². The molecule has 0 saturated heterocycles. The Morgan fingerprint density at radius 1 is 0.792 bits per heavy atom. The fourth-order valence-corrected chi connectivity index (χ4v) is 3.57. The number of benzene rings is 2. The molecule has 0 heterocycles. The van der Waals surface area contributed by atoms with Gasteiger partial charge in [-0.2, -0.15) is 5.26 Å². The van der Waals surface area contributed by atoms with Gasteiger partial charge in [-0.15, -0.1) is 0 Å². The summed E-state index contributed by atoms with van der Waals surface area (Å²) in [6.07, 6.45) is 6.76. The lowest BCUT2D eigenvalue weighted by molar-refractivity contribution is 0.332. The van der Waals surface area contributed by atoms with E-state index in [0.29, 0.717) is 5.56 Å². The minimum atomic E-state index is 0.239. The third-order valence-corrected chi connectivity index (χ3v) is 5.38. The van der Waals surface area contributed by atoms with Gasteiger partial charge in [0.1, 0.15) is 0 Å². The SMILES string of the molecule is CC1(C)CCC(C)(C)c2cc(/C=C/c3ccc(C#N)cc3)ccc21. The molecular weight excluding hydrogens is 290 g/mol. The average molecular weight is 315 g/mol. The van der Waals surface area contributed by atoms with Crippen LogP contribution in [0.4, 0.5) is 0 Å². The molecule has 2 aromatic carbocycles. The molecule has 0 spiro atoms. The van der Waals surface area contributed by atoms with Crippen LogP contribution in [0.2, 0.25) is 0 Å². The standard InChI is InChI=1S/C23H25N/c1-22(2)13-14-23(3,4)21-15-18(11-12-20(21)22)8-5-17-6-9-19(16-24)10-7-17/h5-12,15H,13-14H2,1-4H3/b8-5+. The summed E-state index contributed by atoms with van der Waals surface area (Å²) >= 11 is 0. The predicted octanol–water partition coefficient (Wildman–Crippen LogP) is 6.08. The van der Waals surface area contributed by atoms with Crippen LogP contribution in [0.3, 0.4) is 0 Å². The van der Waals surface area contributed by atoms with Gasteiger partial charge >= 0.3 is 0 Å². The van der Waals surface area contributed by atoms with Crippen LogP contribution in [-0.2, 0) is 10.8 Å². The molecule has 0 N–H and O–H groups in total. The zero-order valence-electron chi connectivity index (χ0n) is 15.1. The van der Waals surface area contributed by atoms with Gasteiger partial charge in [0.25, 0.3) is 0 Å². The summed E-state index contributed by atoms with van der Waals surface area (Å²) in [5.74, 6) is 0. The van der Waals surface area contributed by atoms with Gasteiger partial charge in [-0.05, 0) is 58.1 Å². The minimum absolute atomic E-state index is 0.239. The zero-order valence-corrected chi connectivity index (χ0v) is 15.1. The van der Waals surface area contributed by atoms with Gasteiger partial charge in [0, 0.05) is 0 Å². The summed E-state index contributed by atoms with van der Waals surface area (Å²) in [5.41, 5.74) is 6.54. The van der Waals surface area contributed by atoms with E-state index in [4.69, 9.17) is 5.26 Å². The molecule has 2 aromatic rings. The number of hydrogen-bond acceptors (Lipinski definition) is 1. The summed E-state index contributed by atoms with van der Waals surface area (Å²) in [7, 11) is 0. The molecule has 0 unspecified atom stereocenters. The summed E-state index contributed by atoms with van der Waals surface area (Å²) in [5, 5.41) is 8.87. The van der Waals surface area contributed by atoms with Crippen molar-refractivity contribution in [2.75, 3.05) is 0 Å². The second-order valence-corrected chi connectivity index (χ2v) is 8.14. The Morgan fingerprint density at radius 2 is 1.33 bits per heavy atom. The van der Waals surface area contributed by atoms with Crippen molar-refractivity contribution in [3.05, 3.63) is 70.3 Å². The van der Waals surface area contributed by atoms with E-state index in [2.05, 4.69) is 64.1 Å². The smallest absolute Gasteiger partial charge is 0.0991 e. The average Bonchev–Trinajstić information content (AvgIpc) is 2.58. The van der Waals surface area contributed by atoms with E-state index in [0.717, 1.165) is 5.56 Å². The van der Waals surface area contributed by atoms with E-state index in [9.17, 15) is 0 Å². The maximum Gasteiger partial charge on any atom is 0.0991 e. The van der Waals surface area contributed by atoms with Gasteiger partial charge in [-0.25, -0.2) is 0 Å². The van der Waals surface area contributed by atoms with Crippen LogP contribution >= 0.6 is 0 Å². The maximum absolute atomic E-state index is 8.87. The predicted molar refractivity (Wildman–Crippen MR) is 102 cm³/mol. The first-order valence-electron chi connectivity index (χ1n) is 8.65. The van der Waals surface area contributed by atoms with Gasteiger partial charge in [-0.1, -0.05) is 70.2 Å². The molecule has 1 heteroatoms. The fraction of sp³-hybridized carbons (Fsp3) is 0.348. The Bertz CT molecular complexity index is 814. The van der Waals surface area contributed by atoms with Crippen LogP contribution in [0, 0.1) is 11.3 Å². The van der Waals surface area contributed by atoms with E-state index in [1.165, 1.54) is 29.5 Å². The molecule has 1 aliphatic rings. The molecule has 0 fully saturated rings. The molecule has 0 saturated carbocycles. The fourth-order valence-electron chi connectivity index (χ4n) is 3.57. The first-order chi connectivity index (χ1) is 11.3. The van der Waals surface area contributed by atoms with Crippen molar-refractivity contribution in [2.45, 2.75) is 51.4 Å². The first kappa shape index (κ1) is 16.5. The summed E-state index contributed by atoms with van der Waals surface area (Å²) in [6, 6.07) is 16.7. The Labute approximate surface area is 145 Å². The molecule has 0 bridgehead atoms. The van der Waals surface area contributed by atoms with E-state index in [1.807, 2.05) is 24.3 Å². The molecule has 0 amide bonds. The second kappa shape index (κ2) is 5.95. The molecule has 1 aliphatic carbocycles. The highest BCUT2D eigenvalue weighted by atomic mass is 14.4. The molecular formula is C23H25N. The zero-order chi connectivity index (χ0) is 17.4. The van der Waals surface area contributed by atoms with Crippen LogP contribution < -0.4 is 0 Å². The van der Waals surface area contributed by atoms with E-state index in [1.54, 1.807) is 0 Å². The summed E-state index contributed by atoms with van der Waals surface area (Å²) in [4.78, 5) is 0. The number of rotatable bonds is 2. The van der Waals surface area contributed by atoms with Crippen LogP contribution in [-0.4, -0.2) is 0 Å². The largest absolute Gasteiger partial charge is 0.192 e. The van der Waals surface area contributed by atoms with E-state index in [-0.39, 0.29) is 10.8 Å². The molecule has 0 radical (unpaired) electrons. The Kier molecular flexibility index (Phi) is 4.10. The Hall–Kier alpha value is -2.33. The monoisotopic (exact) mass is 315 g/mol. The Balaban J connectivity index is 1.93. The molecule has 0 aromatic heterocycles. The van der Waals surface area contributed by atoms with Crippen molar-refractivity contribution in [3.63, 3.8) is 0 Å². The maximum atomic E-state index is 8.87. The normalized spacial score (nSPS) is 18.1. The number of nitriles is 1. The highest BCUT2D eigenvalue weighted by molar-refractivity contribution is 5.70. The summed E-state index contributed by atoms with van der Waals surface area (Å²) in [6.45, 7) is 9.42. The lowest BCUT2D eigenvalue weighted by atomic mass is 9.63. The topological polar surface area (TPSA) is 23.8 Å². The van der Waals surface area contributed by atoms with Crippen molar-refractivity contribution < 1.29 is 0 Å². The molecule has 0 aliphatic heterocycles. The molecule has 1 nitrogen and oxygen atoms in total. The van der Waals surface area contributed by atoms with Crippen LogP contribution in [0.25, 0.3) is 12.2 Å². The third kappa shape index (κ3) is 3.15. The number of hydrogen-bond donors (Lipinski definition) is 0. The van der Waals surface area contributed by atoms with Crippen molar-refractivity contribution in [2.24, 2.45) is 0 Å². The van der Waals surface area contributed by atoms with Gasteiger partial charge in [0.15, 0.2) is 0 Å². The van der Waals surface area contributed by atoms with Crippen molar-refractivity contribution >= 4 is 12.2 Å². The third-order valence-electron chi connectivity index (χ3n) is 5.38. The van der Waals surface area contributed by atoms with Crippen LogP contribution in [0.1, 0.15) is 68.4 Å². The van der Waals surface area contributed by atoms with Crippen LogP contribution in [0.5, 0.6) is 0 Å². The van der Waals surface area contributed by atoms with Crippen molar-refractivity contribution in [1.82, 2.24) is 0 Å². The number of fused-ring (bicyclic) bond motifs is 1. The van der Waals surface area contributed by atoms with Gasteiger partial charge in [0.05, 0.1) is 11.6 Å².